The van der Waals surface area contributed by atoms with Gasteiger partial charge in [0, 0.05) is 34.2 Å². The van der Waals surface area contributed by atoms with Crippen LogP contribution >= 0.6 is 24.0 Å². The maximum atomic E-state index is 13.6. The van der Waals surface area contributed by atoms with Crippen molar-refractivity contribution in [3.05, 3.63) is 65.5 Å². The van der Waals surface area contributed by atoms with Crippen molar-refractivity contribution in [1.82, 2.24) is 14.9 Å². The smallest absolute Gasteiger partial charge is 0.242 e. The van der Waals surface area contributed by atoms with Gasteiger partial charge in [0.1, 0.15) is 5.82 Å². The first-order valence-electron chi connectivity index (χ1n) is 8.54. The minimum absolute atomic E-state index is 0. The number of halogens is 2. The summed E-state index contributed by atoms with van der Waals surface area (Å²) in [6, 6.07) is 13.4. The maximum absolute atomic E-state index is 13.6. The third-order valence-electron chi connectivity index (χ3n) is 4.03. The number of hydrogen-bond donors (Lipinski definition) is 2. The van der Waals surface area contributed by atoms with Crippen LogP contribution in [0.4, 0.5) is 4.39 Å². The van der Waals surface area contributed by atoms with E-state index in [0.717, 1.165) is 5.56 Å². The van der Waals surface area contributed by atoms with Gasteiger partial charge in [-0.2, -0.15) is 0 Å². The summed E-state index contributed by atoms with van der Waals surface area (Å²) in [6.45, 7) is 1.03. The third-order valence-corrected chi connectivity index (χ3v) is 5.86. The summed E-state index contributed by atoms with van der Waals surface area (Å²) in [5.74, 6) is 0.381. The Hall–Kier alpha value is -1.72. The van der Waals surface area contributed by atoms with E-state index in [9.17, 15) is 12.8 Å². The number of guanidine groups is 1. The van der Waals surface area contributed by atoms with Crippen LogP contribution in [0.3, 0.4) is 0 Å². The van der Waals surface area contributed by atoms with Crippen molar-refractivity contribution in [1.29, 1.82) is 0 Å². The largest absolute Gasteiger partial charge is 0.356 e. The Morgan fingerprint density at radius 1 is 1.07 bits per heavy atom. The number of rotatable bonds is 7. The van der Waals surface area contributed by atoms with E-state index in [1.54, 1.807) is 43.4 Å². The molecule has 2 rings (SSSR count). The van der Waals surface area contributed by atoms with Gasteiger partial charge in [-0.1, -0.05) is 30.3 Å². The second-order valence-electron chi connectivity index (χ2n) is 6.13. The zero-order valence-electron chi connectivity index (χ0n) is 16.1. The highest BCUT2D eigenvalue weighted by molar-refractivity contribution is 14.0. The minimum atomic E-state index is -3.43. The molecule has 0 amide bonds. The molecule has 0 aliphatic carbocycles. The molecule has 0 saturated heterocycles. The van der Waals surface area contributed by atoms with Crippen molar-refractivity contribution in [3.63, 3.8) is 0 Å². The van der Waals surface area contributed by atoms with Crippen molar-refractivity contribution in [3.8, 4) is 0 Å². The lowest BCUT2D eigenvalue weighted by molar-refractivity contribution is 0.520. The molecule has 0 aliphatic rings. The van der Waals surface area contributed by atoms with Crippen LogP contribution in [0.1, 0.15) is 11.1 Å². The van der Waals surface area contributed by atoms with Crippen molar-refractivity contribution in [2.24, 2.45) is 4.99 Å². The normalized spacial score (nSPS) is 11.8. The van der Waals surface area contributed by atoms with E-state index in [1.807, 2.05) is 6.07 Å². The summed E-state index contributed by atoms with van der Waals surface area (Å²) in [5.41, 5.74) is 1.57. The zero-order valence-corrected chi connectivity index (χ0v) is 19.3. The van der Waals surface area contributed by atoms with E-state index >= 15 is 0 Å². The molecule has 9 heteroatoms. The van der Waals surface area contributed by atoms with Gasteiger partial charge >= 0.3 is 0 Å². The van der Waals surface area contributed by atoms with Crippen LogP contribution in [0.2, 0.25) is 0 Å². The van der Waals surface area contributed by atoms with Gasteiger partial charge in [-0.05, 0) is 35.7 Å². The number of hydrogen-bond acceptors (Lipinski definition) is 3. The highest BCUT2D eigenvalue weighted by Gasteiger charge is 2.16. The number of aliphatic imine (C=N–C) groups is 1. The lowest BCUT2D eigenvalue weighted by atomic mass is 10.1. The standard InChI is InChI=1S/C19H25FN4O2S.HI/c1-21-19(22-13-12-16-6-4-5-7-18(16)20)23-14-15-8-10-17(11-9-15)27(25,26)24(2)3;/h4-11H,12-14H2,1-3H3,(H2,21,22,23);1H. The molecular weight excluding hydrogens is 494 g/mol. The molecule has 6 nitrogen and oxygen atoms in total. The summed E-state index contributed by atoms with van der Waals surface area (Å²) in [6.07, 6.45) is 0.546. The molecule has 0 saturated carbocycles. The van der Waals surface area contributed by atoms with Crippen molar-refractivity contribution in [2.45, 2.75) is 17.9 Å². The van der Waals surface area contributed by atoms with Gasteiger partial charge in [-0.3, -0.25) is 4.99 Å². The van der Waals surface area contributed by atoms with Crippen LogP contribution in [0.25, 0.3) is 0 Å². The molecule has 2 aromatic rings. The molecule has 0 radical (unpaired) electrons. The molecule has 2 aromatic carbocycles. The van der Waals surface area contributed by atoms with E-state index in [0.29, 0.717) is 31.0 Å². The molecule has 0 aliphatic heterocycles. The minimum Gasteiger partial charge on any atom is -0.356 e. The summed E-state index contributed by atoms with van der Waals surface area (Å²) >= 11 is 0. The van der Waals surface area contributed by atoms with E-state index in [1.165, 1.54) is 24.5 Å². The molecule has 0 fully saturated rings. The van der Waals surface area contributed by atoms with Gasteiger partial charge in [0.05, 0.1) is 4.90 Å². The highest BCUT2D eigenvalue weighted by Crippen LogP contribution is 2.13. The molecule has 0 heterocycles. The molecule has 0 atom stereocenters. The predicted molar refractivity (Wildman–Crippen MR) is 121 cm³/mol. The van der Waals surface area contributed by atoms with Crippen LogP contribution in [0, 0.1) is 5.82 Å². The molecule has 154 valence electrons. The molecule has 0 unspecified atom stereocenters. The monoisotopic (exact) mass is 520 g/mol. The number of nitrogens with zero attached hydrogens (tertiary/aromatic N) is 2. The third kappa shape index (κ3) is 6.71. The lowest BCUT2D eigenvalue weighted by Gasteiger charge is -2.13. The fraction of sp³-hybridized carbons (Fsp3) is 0.316. The Balaban J connectivity index is 0.00000392. The zero-order chi connectivity index (χ0) is 19.9. The Morgan fingerprint density at radius 2 is 1.71 bits per heavy atom. The van der Waals surface area contributed by atoms with Crippen LogP contribution < -0.4 is 10.6 Å². The quantitative estimate of drug-likeness (QED) is 0.335. The van der Waals surface area contributed by atoms with Crippen LogP contribution in [0.5, 0.6) is 0 Å². The molecule has 0 aromatic heterocycles. The Kier molecular flexibility index (Phi) is 9.83. The maximum Gasteiger partial charge on any atom is 0.242 e. The lowest BCUT2D eigenvalue weighted by Crippen LogP contribution is -2.37. The first-order chi connectivity index (χ1) is 12.8. The Labute approximate surface area is 183 Å². The summed E-state index contributed by atoms with van der Waals surface area (Å²) in [7, 11) is 1.24. The SMILES string of the molecule is CN=C(NCCc1ccccc1F)NCc1ccc(S(=O)(=O)N(C)C)cc1.I. The number of nitrogens with one attached hydrogen (secondary N) is 2. The van der Waals surface area contributed by atoms with Gasteiger partial charge in [0.25, 0.3) is 0 Å². The summed E-state index contributed by atoms with van der Waals surface area (Å²) in [5, 5.41) is 6.29. The topological polar surface area (TPSA) is 73.8 Å². The van der Waals surface area contributed by atoms with E-state index in [2.05, 4.69) is 15.6 Å². The second kappa shape index (κ2) is 11.3. The number of benzene rings is 2. The highest BCUT2D eigenvalue weighted by atomic mass is 127. The molecule has 2 N–H and O–H groups in total. The fourth-order valence-electron chi connectivity index (χ4n) is 2.41. The van der Waals surface area contributed by atoms with Gasteiger partial charge in [0.15, 0.2) is 5.96 Å². The molecule has 28 heavy (non-hydrogen) atoms. The molecule has 0 bridgehead atoms. The first-order valence-corrected chi connectivity index (χ1v) is 9.98. The summed E-state index contributed by atoms with van der Waals surface area (Å²) < 4.78 is 38.9. The predicted octanol–water partition coefficient (Wildman–Crippen LogP) is 2.60. The van der Waals surface area contributed by atoms with Crippen molar-refractivity contribution >= 4 is 40.0 Å². The van der Waals surface area contributed by atoms with E-state index < -0.39 is 10.0 Å². The van der Waals surface area contributed by atoms with E-state index in [-0.39, 0.29) is 34.7 Å². The van der Waals surface area contributed by atoms with E-state index in [4.69, 9.17) is 0 Å². The van der Waals surface area contributed by atoms with Crippen LogP contribution in [-0.2, 0) is 23.0 Å². The fourth-order valence-corrected chi connectivity index (χ4v) is 3.31. The Morgan fingerprint density at radius 3 is 2.29 bits per heavy atom. The van der Waals surface area contributed by atoms with Gasteiger partial charge in [0.2, 0.25) is 10.0 Å². The summed E-state index contributed by atoms with van der Waals surface area (Å²) in [4.78, 5) is 4.39. The van der Waals surface area contributed by atoms with Gasteiger partial charge < -0.3 is 10.6 Å². The van der Waals surface area contributed by atoms with Crippen LogP contribution in [-0.4, -0.2) is 46.4 Å². The average Bonchev–Trinajstić information content (AvgIpc) is 2.66. The molecule has 0 spiro atoms. The molecular formula is C19H26FIN4O2S. The van der Waals surface area contributed by atoms with Gasteiger partial charge in [-0.25, -0.2) is 17.1 Å². The number of sulfonamides is 1. The van der Waals surface area contributed by atoms with Crippen molar-refractivity contribution in [2.75, 3.05) is 27.7 Å². The van der Waals surface area contributed by atoms with Crippen molar-refractivity contribution < 1.29 is 12.8 Å². The van der Waals surface area contributed by atoms with Crippen LogP contribution in [0.15, 0.2) is 58.4 Å². The first kappa shape index (κ1) is 24.3. The van der Waals surface area contributed by atoms with Gasteiger partial charge in [-0.15, -0.1) is 24.0 Å². The Bertz CT molecular complexity index is 887. The second-order valence-corrected chi connectivity index (χ2v) is 8.28. The average molecular weight is 520 g/mol.